The molecule has 2 aromatic rings. The molecule has 8 nitrogen and oxygen atoms in total. The fraction of sp³-hybridized carbons (Fsp3) is 0.500. The monoisotopic (exact) mass is 468 g/mol. The summed E-state index contributed by atoms with van der Waals surface area (Å²) in [6.45, 7) is 4.25. The smallest absolute Gasteiger partial charge is 0.475 e. The van der Waals surface area contributed by atoms with Gasteiger partial charge in [-0.1, -0.05) is 6.07 Å². The number of hydrogen-bond acceptors (Lipinski definition) is 5. The molecule has 0 bridgehead atoms. The highest BCUT2D eigenvalue weighted by atomic mass is 19.4. The van der Waals surface area contributed by atoms with E-state index < -0.39 is 12.1 Å². The van der Waals surface area contributed by atoms with Gasteiger partial charge in [0.1, 0.15) is 5.69 Å². The number of hydrogen-bond donors (Lipinski definition) is 2. The van der Waals surface area contributed by atoms with Gasteiger partial charge in [-0.25, -0.2) is 4.79 Å². The Bertz CT molecular complexity index is 933. The number of aliphatic carboxylic acids is 1. The minimum atomic E-state index is -5.08. The molecule has 4 rings (SSSR count). The number of rotatable bonds is 5. The van der Waals surface area contributed by atoms with Gasteiger partial charge in [-0.2, -0.15) is 13.2 Å². The Kier molecular flexibility index (Phi) is 7.75. The molecular weight excluding hydrogens is 441 g/mol. The zero-order chi connectivity index (χ0) is 24.1. The standard InChI is InChI=1S/C20H26N4O2.C2HF3O2/c1-23-10-4-6-18(23)19(25)22-11-16-7-8-20(26-13-16)14-24(15-20)12-17-5-2-3-9-21-17;3-2(4,5)1(6)7/h2-6,9-10,16H,7-8,11-15H2,1H3,(H,22,25);(H,6,7). The number of nitrogens with one attached hydrogen (secondary N) is 1. The van der Waals surface area contributed by atoms with Crippen molar-refractivity contribution in [1.29, 1.82) is 0 Å². The number of carboxylic acids is 1. The molecule has 0 radical (unpaired) electrons. The molecule has 2 saturated heterocycles. The zero-order valence-electron chi connectivity index (χ0n) is 18.2. The molecule has 0 aromatic carbocycles. The molecule has 180 valence electrons. The summed E-state index contributed by atoms with van der Waals surface area (Å²) in [5.41, 5.74) is 1.83. The molecule has 2 aromatic heterocycles. The number of carboxylic acid groups (broad SMARTS) is 1. The summed E-state index contributed by atoms with van der Waals surface area (Å²) < 4.78 is 39.8. The van der Waals surface area contributed by atoms with Crippen LogP contribution in [0.3, 0.4) is 0 Å². The number of amides is 1. The first-order chi connectivity index (χ1) is 15.6. The lowest BCUT2D eigenvalue weighted by Gasteiger charge is -2.52. The van der Waals surface area contributed by atoms with E-state index in [0.717, 1.165) is 44.8 Å². The highest BCUT2D eigenvalue weighted by Gasteiger charge is 2.46. The van der Waals surface area contributed by atoms with Crippen LogP contribution in [0.15, 0.2) is 42.7 Å². The van der Waals surface area contributed by atoms with E-state index in [4.69, 9.17) is 14.6 Å². The number of ether oxygens (including phenoxy) is 1. The van der Waals surface area contributed by atoms with Crippen LogP contribution < -0.4 is 5.32 Å². The van der Waals surface area contributed by atoms with Crippen LogP contribution in [0.2, 0.25) is 0 Å². The van der Waals surface area contributed by atoms with Gasteiger partial charge in [0.2, 0.25) is 0 Å². The third-order valence-corrected chi connectivity index (χ3v) is 5.74. The van der Waals surface area contributed by atoms with E-state index in [-0.39, 0.29) is 11.5 Å². The van der Waals surface area contributed by atoms with E-state index in [9.17, 15) is 18.0 Å². The van der Waals surface area contributed by atoms with Gasteiger partial charge < -0.3 is 19.7 Å². The van der Waals surface area contributed by atoms with E-state index >= 15 is 0 Å². The second-order valence-corrected chi connectivity index (χ2v) is 8.38. The van der Waals surface area contributed by atoms with Gasteiger partial charge >= 0.3 is 12.1 Å². The van der Waals surface area contributed by atoms with Crippen molar-refractivity contribution in [3.05, 3.63) is 54.1 Å². The minimum absolute atomic E-state index is 0.0111. The second-order valence-electron chi connectivity index (χ2n) is 8.38. The molecule has 2 aliphatic rings. The first-order valence-corrected chi connectivity index (χ1v) is 10.5. The zero-order valence-corrected chi connectivity index (χ0v) is 18.2. The highest BCUT2D eigenvalue weighted by Crippen LogP contribution is 2.36. The van der Waals surface area contributed by atoms with Crippen molar-refractivity contribution < 1.29 is 32.6 Å². The first kappa shape index (κ1) is 24.7. The van der Waals surface area contributed by atoms with E-state index in [1.54, 1.807) is 0 Å². The maximum absolute atomic E-state index is 12.2. The number of likely N-dealkylation sites (tertiary alicyclic amines) is 1. The number of alkyl halides is 3. The lowest BCUT2D eigenvalue weighted by atomic mass is 9.83. The van der Waals surface area contributed by atoms with Crippen molar-refractivity contribution in [2.24, 2.45) is 13.0 Å². The number of carbonyl (C=O) groups excluding carboxylic acids is 1. The van der Waals surface area contributed by atoms with Crippen LogP contribution in [0.4, 0.5) is 13.2 Å². The van der Waals surface area contributed by atoms with Crippen LogP contribution in [0.25, 0.3) is 0 Å². The average Bonchev–Trinajstić information content (AvgIpc) is 3.18. The van der Waals surface area contributed by atoms with E-state index in [1.165, 1.54) is 0 Å². The number of halogens is 3. The molecule has 2 fully saturated rings. The molecule has 1 atom stereocenters. The molecule has 1 unspecified atom stereocenters. The first-order valence-electron chi connectivity index (χ1n) is 10.5. The van der Waals surface area contributed by atoms with Crippen LogP contribution in [-0.2, 0) is 23.1 Å². The molecule has 2 aliphatic heterocycles. The Labute approximate surface area is 189 Å². The van der Waals surface area contributed by atoms with Crippen LogP contribution in [-0.4, -0.2) is 69.5 Å². The fourth-order valence-corrected chi connectivity index (χ4v) is 3.95. The number of pyridine rings is 1. The van der Waals surface area contributed by atoms with Gasteiger partial charge in [0.15, 0.2) is 0 Å². The molecular formula is C22H27F3N4O4. The van der Waals surface area contributed by atoms with Crippen molar-refractivity contribution >= 4 is 11.9 Å². The Hall–Kier alpha value is -2.92. The van der Waals surface area contributed by atoms with Crippen LogP contribution in [0.1, 0.15) is 29.0 Å². The largest absolute Gasteiger partial charge is 0.490 e. The molecule has 1 spiro atoms. The topological polar surface area (TPSA) is 96.7 Å². The molecule has 33 heavy (non-hydrogen) atoms. The molecule has 0 aliphatic carbocycles. The number of aromatic nitrogens is 2. The van der Waals surface area contributed by atoms with Gasteiger partial charge in [0.25, 0.3) is 5.91 Å². The third kappa shape index (κ3) is 6.78. The summed E-state index contributed by atoms with van der Waals surface area (Å²) in [4.78, 5) is 27.9. The molecule has 4 heterocycles. The van der Waals surface area contributed by atoms with Crippen LogP contribution in [0.5, 0.6) is 0 Å². The number of nitrogens with zero attached hydrogens (tertiary/aromatic N) is 3. The van der Waals surface area contributed by atoms with Crippen molar-refractivity contribution in [3.63, 3.8) is 0 Å². The van der Waals surface area contributed by atoms with Crippen LogP contribution in [0, 0.1) is 5.92 Å². The van der Waals surface area contributed by atoms with E-state index in [1.807, 2.05) is 48.3 Å². The maximum atomic E-state index is 12.2. The van der Waals surface area contributed by atoms with E-state index in [0.29, 0.717) is 18.2 Å². The minimum Gasteiger partial charge on any atom is -0.475 e. The van der Waals surface area contributed by atoms with Crippen molar-refractivity contribution in [3.8, 4) is 0 Å². The normalized spacial score (nSPS) is 19.8. The second kappa shape index (κ2) is 10.3. The van der Waals surface area contributed by atoms with Gasteiger partial charge in [-0.15, -0.1) is 0 Å². The average molecular weight is 468 g/mol. The van der Waals surface area contributed by atoms with E-state index in [2.05, 4.69) is 21.3 Å². The van der Waals surface area contributed by atoms with Gasteiger partial charge in [0, 0.05) is 45.6 Å². The molecule has 2 N–H and O–H groups in total. The summed E-state index contributed by atoms with van der Waals surface area (Å²) >= 11 is 0. The lowest BCUT2D eigenvalue weighted by Crippen LogP contribution is -2.64. The SMILES string of the molecule is Cn1cccc1C(=O)NCC1CCC2(CN(Cc3ccccn3)C2)OC1.O=C(O)C(F)(F)F. The Balaban J connectivity index is 0.000000383. The van der Waals surface area contributed by atoms with Crippen molar-refractivity contribution in [2.45, 2.75) is 31.2 Å². The van der Waals surface area contributed by atoms with Gasteiger partial charge in [-0.05, 0) is 43.0 Å². The number of carbonyl (C=O) groups is 2. The third-order valence-electron chi connectivity index (χ3n) is 5.74. The summed E-state index contributed by atoms with van der Waals surface area (Å²) in [5.74, 6) is -2.37. The quantitative estimate of drug-likeness (QED) is 0.700. The van der Waals surface area contributed by atoms with Crippen LogP contribution >= 0.6 is 0 Å². The predicted molar refractivity (Wildman–Crippen MR) is 112 cm³/mol. The summed E-state index contributed by atoms with van der Waals surface area (Å²) in [6.07, 6.45) is 0.813. The summed E-state index contributed by atoms with van der Waals surface area (Å²) in [5, 5.41) is 10.2. The lowest BCUT2D eigenvalue weighted by molar-refractivity contribution is -0.192. The van der Waals surface area contributed by atoms with Gasteiger partial charge in [-0.3, -0.25) is 14.7 Å². The fourth-order valence-electron chi connectivity index (χ4n) is 3.95. The summed E-state index contributed by atoms with van der Waals surface area (Å²) in [6, 6.07) is 9.77. The highest BCUT2D eigenvalue weighted by molar-refractivity contribution is 5.92. The predicted octanol–water partition coefficient (Wildman–Crippen LogP) is 2.46. The Morgan fingerprint density at radius 3 is 2.52 bits per heavy atom. The Morgan fingerprint density at radius 1 is 1.27 bits per heavy atom. The van der Waals surface area contributed by atoms with Crippen molar-refractivity contribution in [2.75, 3.05) is 26.2 Å². The summed E-state index contributed by atoms with van der Waals surface area (Å²) in [7, 11) is 1.88. The molecule has 11 heteroatoms. The maximum Gasteiger partial charge on any atom is 0.490 e. The van der Waals surface area contributed by atoms with Gasteiger partial charge in [0.05, 0.1) is 17.9 Å². The molecule has 0 saturated carbocycles. The van der Waals surface area contributed by atoms with Crippen molar-refractivity contribution in [1.82, 2.24) is 19.8 Å². The Morgan fingerprint density at radius 2 is 2.00 bits per heavy atom. The number of aryl methyl sites for hydroxylation is 1. The molecule has 1 amide bonds.